The number of hydrogen-bond donors (Lipinski definition) is 1. The first-order valence-electron chi connectivity index (χ1n) is 5.07. The number of aliphatic carboxylic acids is 1. The minimum absolute atomic E-state index is 0.637. The maximum atomic E-state index is 10.8. The van der Waals surface area contributed by atoms with Crippen LogP contribution in [-0.2, 0) is 4.79 Å². The molecule has 0 aromatic carbocycles. The van der Waals surface area contributed by atoms with Crippen LogP contribution in [0, 0.1) is 5.41 Å². The fourth-order valence-electron chi connectivity index (χ4n) is 1.17. The first kappa shape index (κ1) is 13.3. The lowest BCUT2D eigenvalue weighted by molar-refractivity contribution is -0.147. The van der Waals surface area contributed by atoms with Crippen molar-refractivity contribution >= 4 is 35.0 Å². The monoisotopic (exact) mass is 258 g/mol. The summed E-state index contributed by atoms with van der Waals surface area (Å²) in [6, 6.07) is 3.80. The van der Waals surface area contributed by atoms with Crippen molar-refractivity contribution < 1.29 is 9.90 Å². The van der Waals surface area contributed by atoms with E-state index in [-0.39, 0.29) is 0 Å². The summed E-state index contributed by atoms with van der Waals surface area (Å²) in [7, 11) is 0. The van der Waals surface area contributed by atoms with Gasteiger partial charge in [-0.05, 0) is 44.9 Å². The second kappa shape index (κ2) is 5.51. The maximum absolute atomic E-state index is 10.8. The minimum atomic E-state index is -0.750. The zero-order chi connectivity index (χ0) is 12.2. The van der Waals surface area contributed by atoms with Crippen LogP contribution in [0.15, 0.2) is 18.2 Å². The Morgan fingerprint density at radius 3 is 2.75 bits per heavy atom. The van der Waals surface area contributed by atoms with Gasteiger partial charge in [0.15, 0.2) is 0 Å². The summed E-state index contributed by atoms with van der Waals surface area (Å²) in [4.78, 5) is 11.9. The Kier molecular flexibility index (Phi) is 4.56. The lowest BCUT2D eigenvalue weighted by atomic mass is 9.88. The minimum Gasteiger partial charge on any atom is -0.481 e. The van der Waals surface area contributed by atoms with Gasteiger partial charge in [0.2, 0.25) is 0 Å². The van der Waals surface area contributed by atoms with E-state index in [1.807, 2.05) is 24.3 Å². The second-order valence-corrected chi connectivity index (χ2v) is 6.02. The predicted molar refractivity (Wildman–Crippen MR) is 69.0 cm³/mol. The molecule has 1 rings (SSSR count). The summed E-state index contributed by atoms with van der Waals surface area (Å²) in [6.45, 7) is 3.48. The SMILES string of the molecule is CC(C)(CC/C=C/c1ccc(Cl)s1)C(=O)O. The van der Waals surface area contributed by atoms with E-state index < -0.39 is 11.4 Å². The Bertz CT molecular complexity index is 393. The van der Waals surface area contributed by atoms with Gasteiger partial charge in [0.25, 0.3) is 0 Å². The molecular formula is C12H15ClO2S. The van der Waals surface area contributed by atoms with E-state index in [0.29, 0.717) is 6.42 Å². The van der Waals surface area contributed by atoms with Crippen molar-refractivity contribution in [3.63, 3.8) is 0 Å². The Balaban J connectivity index is 2.41. The summed E-state index contributed by atoms with van der Waals surface area (Å²) in [6.07, 6.45) is 5.37. The zero-order valence-electron chi connectivity index (χ0n) is 9.37. The number of allylic oxidation sites excluding steroid dienone is 1. The Morgan fingerprint density at radius 1 is 1.56 bits per heavy atom. The summed E-state index contributed by atoms with van der Waals surface area (Å²) in [5, 5.41) is 8.92. The van der Waals surface area contributed by atoms with E-state index in [4.69, 9.17) is 16.7 Å². The number of carbonyl (C=O) groups is 1. The van der Waals surface area contributed by atoms with Gasteiger partial charge in [0.05, 0.1) is 9.75 Å². The van der Waals surface area contributed by atoms with Crippen LogP contribution in [-0.4, -0.2) is 11.1 Å². The third-order valence-electron chi connectivity index (χ3n) is 2.39. The van der Waals surface area contributed by atoms with Gasteiger partial charge in [-0.2, -0.15) is 0 Å². The van der Waals surface area contributed by atoms with E-state index in [9.17, 15) is 4.79 Å². The van der Waals surface area contributed by atoms with Crippen LogP contribution in [0.4, 0.5) is 0 Å². The number of rotatable bonds is 5. The first-order valence-corrected chi connectivity index (χ1v) is 6.26. The molecule has 0 spiro atoms. The van der Waals surface area contributed by atoms with Gasteiger partial charge in [-0.25, -0.2) is 0 Å². The van der Waals surface area contributed by atoms with Crippen LogP contribution in [0.25, 0.3) is 6.08 Å². The van der Waals surface area contributed by atoms with Gasteiger partial charge in [-0.3, -0.25) is 4.79 Å². The molecule has 4 heteroatoms. The van der Waals surface area contributed by atoms with Crippen molar-refractivity contribution in [1.29, 1.82) is 0 Å². The molecule has 0 bridgehead atoms. The summed E-state index contributed by atoms with van der Waals surface area (Å²) < 4.78 is 0.769. The van der Waals surface area contributed by atoms with Crippen LogP contribution in [0.1, 0.15) is 31.6 Å². The molecule has 1 aromatic rings. The molecule has 0 atom stereocenters. The molecule has 2 nitrogen and oxygen atoms in total. The maximum Gasteiger partial charge on any atom is 0.309 e. The molecule has 0 unspecified atom stereocenters. The van der Waals surface area contributed by atoms with Crippen molar-refractivity contribution in [2.45, 2.75) is 26.7 Å². The summed E-state index contributed by atoms with van der Waals surface area (Å²) >= 11 is 7.31. The van der Waals surface area contributed by atoms with Crippen LogP contribution in [0.2, 0.25) is 4.34 Å². The largest absolute Gasteiger partial charge is 0.481 e. The van der Waals surface area contributed by atoms with Crippen LogP contribution >= 0.6 is 22.9 Å². The lowest BCUT2D eigenvalue weighted by Crippen LogP contribution is -2.22. The third-order valence-corrected chi connectivity index (χ3v) is 3.59. The third kappa shape index (κ3) is 3.99. The quantitative estimate of drug-likeness (QED) is 0.855. The molecule has 0 fully saturated rings. The van der Waals surface area contributed by atoms with Crippen molar-refractivity contribution in [3.05, 3.63) is 27.4 Å². The van der Waals surface area contributed by atoms with Gasteiger partial charge in [-0.1, -0.05) is 17.7 Å². The fraction of sp³-hybridized carbons (Fsp3) is 0.417. The number of hydrogen-bond acceptors (Lipinski definition) is 2. The Hall–Kier alpha value is -0.800. The number of carboxylic acids is 1. The summed E-state index contributed by atoms with van der Waals surface area (Å²) in [5.41, 5.74) is -0.655. The van der Waals surface area contributed by atoms with Crippen molar-refractivity contribution in [2.75, 3.05) is 0 Å². The molecule has 0 saturated heterocycles. The Morgan fingerprint density at radius 2 is 2.25 bits per heavy atom. The molecule has 16 heavy (non-hydrogen) atoms. The fourth-order valence-corrected chi connectivity index (χ4v) is 2.16. The van der Waals surface area contributed by atoms with Gasteiger partial charge in [0.1, 0.15) is 0 Å². The highest BCUT2D eigenvalue weighted by Gasteiger charge is 2.25. The molecule has 0 aliphatic carbocycles. The van der Waals surface area contributed by atoms with E-state index in [1.165, 1.54) is 11.3 Å². The molecule has 88 valence electrons. The normalized spacial score (nSPS) is 12.2. The van der Waals surface area contributed by atoms with Crippen molar-refractivity contribution in [1.82, 2.24) is 0 Å². The predicted octanol–water partition coefficient (Wildman–Crippen LogP) is 4.31. The van der Waals surface area contributed by atoms with E-state index in [1.54, 1.807) is 13.8 Å². The van der Waals surface area contributed by atoms with Crippen molar-refractivity contribution in [3.8, 4) is 0 Å². The van der Waals surface area contributed by atoms with Gasteiger partial charge < -0.3 is 5.11 Å². The number of carboxylic acid groups (broad SMARTS) is 1. The average molecular weight is 259 g/mol. The standard InChI is InChI=1S/C12H15ClO2S/c1-12(2,11(14)15)8-4-3-5-9-6-7-10(13)16-9/h3,5-7H,4,8H2,1-2H3,(H,14,15)/b5-3+. The van der Waals surface area contributed by atoms with Crippen LogP contribution < -0.4 is 0 Å². The topological polar surface area (TPSA) is 37.3 Å². The highest BCUT2D eigenvalue weighted by atomic mass is 35.5. The lowest BCUT2D eigenvalue weighted by Gasteiger charge is -2.17. The van der Waals surface area contributed by atoms with Crippen LogP contribution in [0.3, 0.4) is 0 Å². The number of halogens is 1. The zero-order valence-corrected chi connectivity index (χ0v) is 10.9. The van der Waals surface area contributed by atoms with Gasteiger partial charge >= 0.3 is 5.97 Å². The number of thiophene rings is 1. The molecule has 1 heterocycles. The van der Waals surface area contributed by atoms with Crippen molar-refractivity contribution in [2.24, 2.45) is 5.41 Å². The molecule has 0 amide bonds. The van der Waals surface area contributed by atoms with Crippen LogP contribution in [0.5, 0.6) is 0 Å². The Labute approximate surface area is 105 Å². The van der Waals surface area contributed by atoms with Gasteiger partial charge in [-0.15, -0.1) is 11.3 Å². The molecule has 1 aromatic heterocycles. The molecule has 0 radical (unpaired) electrons. The highest BCUT2D eigenvalue weighted by Crippen LogP contribution is 2.25. The van der Waals surface area contributed by atoms with E-state index in [2.05, 4.69) is 0 Å². The summed E-state index contributed by atoms with van der Waals surface area (Å²) in [5.74, 6) is -0.750. The second-order valence-electron chi connectivity index (χ2n) is 4.27. The van der Waals surface area contributed by atoms with E-state index in [0.717, 1.165) is 15.6 Å². The molecule has 1 N–H and O–H groups in total. The highest BCUT2D eigenvalue weighted by molar-refractivity contribution is 7.16. The molecule has 0 aliphatic heterocycles. The first-order chi connectivity index (χ1) is 7.42. The van der Waals surface area contributed by atoms with E-state index >= 15 is 0 Å². The van der Waals surface area contributed by atoms with Gasteiger partial charge in [0, 0.05) is 4.88 Å². The smallest absolute Gasteiger partial charge is 0.309 e. The molecule has 0 aliphatic rings. The average Bonchev–Trinajstić information content (AvgIpc) is 2.59. The molecular weight excluding hydrogens is 244 g/mol. The molecule has 0 saturated carbocycles.